The van der Waals surface area contributed by atoms with E-state index in [1.165, 1.54) is 0 Å². The summed E-state index contributed by atoms with van der Waals surface area (Å²) in [6.07, 6.45) is -34.1. The lowest BCUT2D eigenvalue weighted by Crippen LogP contribution is -2.72. The van der Waals surface area contributed by atoms with Gasteiger partial charge in [0, 0.05) is 40.0 Å². The van der Waals surface area contributed by atoms with Crippen LogP contribution in [-0.2, 0) is 193 Å². The van der Waals surface area contributed by atoms with Crippen LogP contribution in [0.25, 0.3) is 0 Å². The molecule has 22 N–H and O–H groups in total. The van der Waals surface area contributed by atoms with Crippen LogP contribution in [-0.4, -0.2) is 369 Å². The van der Waals surface area contributed by atoms with E-state index in [9.17, 15) is 188 Å². The van der Waals surface area contributed by atoms with Crippen molar-refractivity contribution >= 4 is 173 Å². The number of rotatable bonds is 41. The Bertz CT molecular complexity index is 4370. The highest BCUT2D eigenvalue weighted by Crippen LogP contribution is 2.48. The molecule has 3 unspecified atom stereocenters. The number of carbonyl (C=O) groups is 1. The van der Waals surface area contributed by atoms with Crippen molar-refractivity contribution in [1.29, 1.82) is 0 Å². The van der Waals surface area contributed by atoms with E-state index in [0.29, 0.717) is 17.1 Å². The molecule has 0 radical (unpaired) electrons. The smallest absolute Gasteiger partial charge is 0.380 e. The topological polar surface area (TPSA) is 995 Å². The minimum absolute atomic E-state index is 0.335. The van der Waals surface area contributed by atoms with Gasteiger partial charge in [0.25, 0.3) is 0 Å². The number of ether oxygens (including phenoxy) is 2. The molecule has 104 heavy (non-hydrogen) atoms. The van der Waals surface area contributed by atoms with Crippen molar-refractivity contribution in [3.8, 4) is 0 Å². The standard InChI is InChI=1S/C22H50N2O63S10Si7/c1-23(2)10-6-12(25)11(24(3)4)5-9(10)22(79-95(47,48)49)20(77-93(41,42)43)18(16(73-91(35,36)37)14(71-22)8-69-89(29,30)31)76-97(52,53)81-104(67,85-101(62,63)83-99(57,58)59)87-102(64,65)86-103(66,84-100(60,61)82-98(54,55)56)80-96(50,51)75-17-15(72-90(32,33)34)13(7-68-88(26,27)28)70-21(78-94(44,45)46)19(17)74-92(38,39)40/h5-6,9,13-21,54-67H,7-8H2,1-4H3,(H,26,27,28)(H,29,30,31)(H,32,33,34)(H,35,36,37)(H,38,39,40)(H,41,42,43)(H,44,45,46)(H,47,48,49)/t9?,13-,14-,15-,16-,17-,18-,19-,20-,21-,22-,103?,104?/m0/s1. The molecule has 0 saturated carbocycles. The number of likely N-dealkylation sites (N-methyl/N-ethyl adjacent to an activating group) is 1. The molecule has 0 aromatic carbocycles. The Morgan fingerprint density at radius 3 is 1.10 bits per heavy atom. The van der Waals surface area contributed by atoms with Crippen molar-refractivity contribution in [3.63, 3.8) is 0 Å². The first kappa shape index (κ1) is 96.3. The molecule has 13 atom stereocenters. The van der Waals surface area contributed by atoms with Gasteiger partial charge in [-0.15, -0.1) is 0 Å². The average molecular weight is 1870 g/mol. The highest BCUT2D eigenvalue weighted by Gasteiger charge is 2.72. The second-order valence-electron chi connectivity index (χ2n) is 19.1. The van der Waals surface area contributed by atoms with Gasteiger partial charge in [-0.05, 0) is 6.08 Å². The van der Waals surface area contributed by atoms with Crippen LogP contribution in [0.5, 0.6) is 0 Å². The maximum atomic E-state index is 14.4. The van der Waals surface area contributed by atoms with Crippen molar-refractivity contribution in [2.75, 3.05) is 41.4 Å². The predicted octanol–water partition coefficient (Wildman–Crippen LogP) is -18.7. The zero-order valence-corrected chi connectivity index (χ0v) is 64.6. The second kappa shape index (κ2) is 33.0. The Morgan fingerprint density at radius 1 is 0.413 bits per heavy atom. The molecule has 2 heterocycles. The number of hydrogen-bond donors (Lipinski definition) is 22. The van der Waals surface area contributed by atoms with Crippen LogP contribution >= 0.6 is 0 Å². The number of nitrogens with zero attached hydrogens (tertiary/aromatic N) is 2. The van der Waals surface area contributed by atoms with Crippen LogP contribution in [0, 0.1) is 5.92 Å². The third kappa shape index (κ3) is 33.2. The van der Waals surface area contributed by atoms with E-state index >= 15 is 0 Å². The zero-order chi connectivity index (χ0) is 81.6. The molecule has 82 heteroatoms. The second-order valence-corrected chi connectivity index (χ2v) is 43.5. The molecule has 65 nitrogen and oxygen atoms in total. The van der Waals surface area contributed by atoms with Gasteiger partial charge in [-0.25, -0.2) is 49.6 Å². The van der Waals surface area contributed by atoms with Gasteiger partial charge in [-0.3, -0.25) is 41.2 Å². The summed E-state index contributed by atoms with van der Waals surface area (Å²) in [6.45, 7) is -4.66. The Labute approximate surface area is 587 Å². The number of ketones is 1. The monoisotopic (exact) mass is 1870 g/mol. The van der Waals surface area contributed by atoms with E-state index in [1.54, 1.807) is 0 Å². The third-order valence-electron chi connectivity index (χ3n) is 10.5. The number of allylic oxidation sites excluding steroid dienone is 1. The van der Waals surface area contributed by atoms with Gasteiger partial charge in [-0.2, -0.15) is 84.2 Å². The highest BCUT2D eigenvalue weighted by atomic mass is 32.3. The van der Waals surface area contributed by atoms with Crippen LogP contribution in [0.4, 0.5) is 0 Å². The molecule has 2 saturated heterocycles. The molecule has 2 aliphatic heterocycles. The fourth-order valence-corrected chi connectivity index (χ4v) is 27.5. The molecule has 614 valence electrons. The number of hydrogen-bond acceptors (Lipinski definition) is 57. The van der Waals surface area contributed by atoms with E-state index in [1.807, 2.05) is 0 Å². The maximum Gasteiger partial charge on any atom is 0.682 e. The van der Waals surface area contributed by atoms with E-state index in [0.717, 1.165) is 33.1 Å². The predicted molar refractivity (Wildman–Crippen MR) is 302 cm³/mol. The summed E-state index contributed by atoms with van der Waals surface area (Å²) in [5.41, 5.74) is -1.80. The SMILES string of the molecule is CN(C)C1=CC([C@@]2(OS(=O)(=O)O)O[C@@H](COS(=O)(=O)O)[C@H](OS(=O)(=O)O)[C@H](OS(=O)(=O)O[Si](O)(O[Si](O)(O)O[Si](O)(O)O)O[Si](O)(O)O[Si](O)(O[Si](O)(O)O[Si](O)(O)O)OS(=O)(=O)O[C@@H]3[C@H](OS(=O)(=O)O)[C@H](OS(=O)(=O)O)O[C@@H](COS(=O)(=O)O)[C@@H]3OS(=O)(=O)O)[C@@H]2OS(=O)(=O)O)C(N(C)C)=CC1=O. The Morgan fingerprint density at radius 2 is 0.760 bits per heavy atom. The fourth-order valence-electron chi connectivity index (χ4n) is 7.88. The summed E-state index contributed by atoms with van der Waals surface area (Å²) in [5.74, 6) is -8.68. The van der Waals surface area contributed by atoms with E-state index in [2.05, 4.69) is 79.0 Å². The van der Waals surface area contributed by atoms with Gasteiger partial charge in [0.1, 0.15) is 36.6 Å². The first-order valence-electron chi connectivity index (χ1n) is 24.0. The van der Waals surface area contributed by atoms with E-state index in [4.69, 9.17) is 9.29 Å². The van der Waals surface area contributed by atoms with Crippen molar-refractivity contribution in [3.05, 3.63) is 23.5 Å². The fraction of sp³-hybridized carbons (Fsp3) is 0.773. The van der Waals surface area contributed by atoms with Gasteiger partial charge < -0.3 is 111 Å². The van der Waals surface area contributed by atoms with Crippen molar-refractivity contribution in [2.45, 2.75) is 60.9 Å². The quantitative estimate of drug-likeness (QED) is 0.0200. The number of carbonyl (C=O) groups excluding carboxylic acids is 1. The minimum atomic E-state index is -8.58. The molecule has 3 rings (SSSR count). The molecule has 2 fully saturated rings. The van der Waals surface area contributed by atoms with Gasteiger partial charge in [0.05, 0.1) is 24.8 Å². The largest absolute Gasteiger partial charge is 0.682 e. The summed E-state index contributed by atoms with van der Waals surface area (Å²) in [4.78, 5) is 158. The molecule has 0 amide bonds. The average Bonchev–Trinajstić information content (AvgIpc) is 0.714. The molecule has 3 aliphatic rings. The first-order chi connectivity index (χ1) is 45.6. The summed E-state index contributed by atoms with van der Waals surface area (Å²) in [5, 5.41) is 0. The van der Waals surface area contributed by atoms with E-state index in [-0.39, 0.29) is 0 Å². The summed E-state index contributed by atoms with van der Waals surface area (Å²) in [6, 6.07) is 0. The lowest BCUT2D eigenvalue weighted by atomic mass is 9.79. The van der Waals surface area contributed by atoms with Crippen molar-refractivity contribution in [1.82, 2.24) is 9.80 Å². The maximum absolute atomic E-state index is 14.4. The first-order valence-corrected chi connectivity index (χ1v) is 49.6. The van der Waals surface area contributed by atoms with Gasteiger partial charge in [0.2, 0.25) is 17.9 Å². The Balaban J connectivity index is 2.60. The molecule has 1 aliphatic carbocycles. The summed E-state index contributed by atoms with van der Waals surface area (Å²) < 4.78 is 411. The highest BCUT2D eigenvalue weighted by molar-refractivity contribution is 7.84. The van der Waals surface area contributed by atoms with Crippen LogP contribution in [0.2, 0.25) is 0 Å². The molecular formula is C22H50N2O63S10Si7. The molecule has 0 bridgehead atoms. The van der Waals surface area contributed by atoms with Crippen molar-refractivity contribution in [2.24, 2.45) is 5.92 Å². The third-order valence-corrected chi connectivity index (χ3v) is 31.1. The van der Waals surface area contributed by atoms with Crippen molar-refractivity contribution < 1.29 is 276 Å². The van der Waals surface area contributed by atoms with Crippen LogP contribution in [0.3, 0.4) is 0 Å². The lowest BCUT2D eigenvalue weighted by Gasteiger charge is -2.52. The lowest BCUT2D eigenvalue weighted by molar-refractivity contribution is -0.336. The summed E-state index contributed by atoms with van der Waals surface area (Å²) in [7, 11) is -118. The molecule has 0 aromatic heterocycles. The molecule has 0 aromatic rings. The summed E-state index contributed by atoms with van der Waals surface area (Å²) >= 11 is 0. The van der Waals surface area contributed by atoms with Crippen LogP contribution < -0.4 is 0 Å². The molecular weight excluding hydrogens is 1820 g/mol. The van der Waals surface area contributed by atoms with Crippen LogP contribution in [0.1, 0.15) is 0 Å². The minimum Gasteiger partial charge on any atom is -0.380 e. The molecule has 0 spiro atoms. The Hall–Kier alpha value is -1.91. The van der Waals surface area contributed by atoms with Crippen LogP contribution in [0.15, 0.2) is 23.5 Å². The van der Waals surface area contributed by atoms with E-state index < -0.39 is 265 Å². The van der Waals surface area contributed by atoms with Gasteiger partial charge >= 0.3 is 167 Å². The zero-order valence-electron chi connectivity index (χ0n) is 49.4. The Kier molecular flexibility index (Phi) is 30.6. The van der Waals surface area contributed by atoms with Gasteiger partial charge in [-0.1, -0.05) is 0 Å². The van der Waals surface area contributed by atoms with Gasteiger partial charge in [0.15, 0.2) is 12.2 Å². The normalized spacial score (nSPS) is 26.6.